The Balaban J connectivity index is 1.31. The van der Waals surface area contributed by atoms with E-state index in [1.807, 2.05) is 32.0 Å². The maximum atomic E-state index is 14.7. The van der Waals surface area contributed by atoms with Crippen molar-refractivity contribution in [2.24, 2.45) is 23.5 Å². The SMILES string of the molecule is CCCC(NC(=O)C1CC(CNC(=O)c2cccc(Oc3ccccc3)c2)CN1C(=O)C(NC(=O)OCC(C)C)C1CCCCC1)C(=O)C(=O)NCC(=O)NC(C(N)=O)c1ccccc1. The van der Waals surface area contributed by atoms with Gasteiger partial charge >= 0.3 is 6.09 Å². The zero-order chi connectivity index (χ0) is 46.9. The molecule has 17 nitrogen and oxygen atoms in total. The molecule has 2 aliphatic rings. The fourth-order valence-electron chi connectivity index (χ4n) is 8.07. The van der Waals surface area contributed by atoms with Crippen molar-refractivity contribution >= 4 is 47.3 Å². The molecule has 65 heavy (non-hydrogen) atoms. The molecule has 3 aromatic rings. The summed E-state index contributed by atoms with van der Waals surface area (Å²) in [7, 11) is 0. The Morgan fingerprint density at radius 1 is 0.800 bits per heavy atom. The highest BCUT2D eigenvalue weighted by molar-refractivity contribution is 6.38. The maximum absolute atomic E-state index is 14.7. The van der Waals surface area contributed by atoms with Crippen LogP contribution in [0.15, 0.2) is 84.9 Å². The highest BCUT2D eigenvalue weighted by Gasteiger charge is 2.45. The summed E-state index contributed by atoms with van der Waals surface area (Å²) in [6.07, 6.45) is 3.83. The van der Waals surface area contributed by atoms with Crippen molar-refractivity contribution in [2.45, 2.75) is 96.3 Å². The Labute approximate surface area is 379 Å². The van der Waals surface area contributed by atoms with Crippen molar-refractivity contribution in [2.75, 3.05) is 26.2 Å². The first kappa shape index (κ1) is 49.2. The smallest absolute Gasteiger partial charge is 0.407 e. The largest absolute Gasteiger partial charge is 0.457 e. The van der Waals surface area contributed by atoms with E-state index >= 15 is 0 Å². The molecule has 3 aromatic carbocycles. The van der Waals surface area contributed by atoms with E-state index in [9.17, 15) is 38.4 Å². The molecule has 5 rings (SSSR count). The van der Waals surface area contributed by atoms with Gasteiger partial charge in [-0.15, -0.1) is 0 Å². The predicted molar refractivity (Wildman–Crippen MR) is 240 cm³/mol. The molecular formula is C48H61N7O10. The number of nitrogens with one attached hydrogen (secondary N) is 5. The first-order valence-electron chi connectivity index (χ1n) is 22.3. The summed E-state index contributed by atoms with van der Waals surface area (Å²) < 4.78 is 11.3. The van der Waals surface area contributed by atoms with E-state index in [1.54, 1.807) is 73.7 Å². The highest BCUT2D eigenvalue weighted by Crippen LogP contribution is 2.31. The molecule has 0 spiro atoms. The van der Waals surface area contributed by atoms with Gasteiger partial charge in [0.1, 0.15) is 29.6 Å². The molecule has 0 aromatic heterocycles. The quantitative estimate of drug-likeness (QED) is 0.0838. The second-order valence-corrected chi connectivity index (χ2v) is 17.0. The maximum Gasteiger partial charge on any atom is 0.407 e. The molecule has 5 unspecified atom stereocenters. The number of ether oxygens (including phenoxy) is 2. The van der Waals surface area contributed by atoms with Crippen molar-refractivity contribution in [3.8, 4) is 11.5 Å². The molecular weight excluding hydrogens is 835 g/mol. The minimum atomic E-state index is -1.32. The molecule has 5 atom stereocenters. The summed E-state index contributed by atoms with van der Waals surface area (Å²) in [6, 6.07) is 19.4. The van der Waals surface area contributed by atoms with Crippen LogP contribution in [0, 0.1) is 17.8 Å². The fourth-order valence-corrected chi connectivity index (χ4v) is 8.07. The molecule has 1 saturated carbocycles. The molecule has 1 aliphatic carbocycles. The van der Waals surface area contributed by atoms with Crippen LogP contribution >= 0.6 is 0 Å². The summed E-state index contributed by atoms with van der Waals surface area (Å²) in [4.78, 5) is 109. The Morgan fingerprint density at radius 3 is 2.14 bits per heavy atom. The molecule has 0 bridgehead atoms. The molecule has 0 radical (unpaired) electrons. The van der Waals surface area contributed by atoms with Crippen LogP contribution in [-0.2, 0) is 33.5 Å². The van der Waals surface area contributed by atoms with Crippen molar-refractivity contribution in [3.63, 3.8) is 0 Å². The van der Waals surface area contributed by atoms with Gasteiger partial charge in [-0.2, -0.15) is 0 Å². The van der Waals surface area contributed by atoms with Crippen molar-refractivity contribution in [1.82, 2.24) is 31.5 Å². The number of likely N-dealkylation sites (tertiary alicyclic amines) is 1. The lowest BCUT2D eigenvalue weighted by atomic mass is 9.83. The van der Waals surface area contributed by atoms with Crippen molar-refractivity contribution in [1.29, 1.82) is 0 Å². The van der Waals surface area contributed by atoms with Gasteiger partial charge in [0.25, 0.3) is 11.8 Å². The number of alkyl carbamates (subject to hydrolysis) is 1. The van der Waals surface area contributed by atoms with Gasteiger partial charge in [0.15, 0.2) is 0 Å². The van der Waals surface area contributed by atoms with Gasteiger partial charge in [-0.1, -0.05) is 101 Å². The Kier molecular flexibility index (Phi) is 18.4. The number of para-hydroxylation sites is 1. The Hall–Kier alpha value is -6.78. The number of hydrogen-bond acceptors (Lipinski definition) is 10. The van der Waals surface area contributed by atoms with Gasteiger partial charge in [-0.05, 0) is 79.3 Å². The van der Waals surface area contributed by atoms with Crippen molar-refractivity contribution < 1.29 is 47.8 Å². The number of carbonyl (C=O) groups excluding carboxylic acids is 8. The molecule has 1 heterocycles. The van der Waals surface area contributed by atoms with E-state index in [-0.39, 0.29) is 44.4 Å². The normalized spacial score (nSPS) is 17.4. The van der Waals surface area contributed by atoms with E-state index in [0.29, 0.717) is 41.9 Å². The molecule has 17 heteroatoms. The second kappa shape index (κ2) is 24.3. The highest BCUT2D eigenvalue weighted by atomic mass is 16.5. The number of primary amides is 1. The molecule has 2 fully saturated rings. The lowest BCUT2D eigenvalue weighted by Gasteiger charge is -2.34. The third kappa shape index (κ3) is 14.6. The molecule has 1 aliphatic heterocycles. The third-order valence-corrected chi connectivity index (χ3v) is 11.4. The number of nitrogens with zero attached hydrogens (tertiary/aromatic N) is 1. The zero-order valence-corrected chi connectivity index (χ0v) is 37.2. The molecule has 1 saturated heterocycles. The van der Waals surface area contributed by atoms with E-state index in [2.05, 4.69) is 26.6 Å². The third-order valence-electron chi connectivity index (χ3n) is 11.4. The van der Waals surface area contributed by atoms with Crippen LogP contribution in [0.2, 0.25) is 0 Å². The summed E-state index contributed by atoms with van der Waals surface area (Å²) in [6.45, 7) is 5.15. The first-order chi connectivity index (χ1) is 31.2. The monoisotopic (exact) mass is 895 g/mol. The number of nitrogens with two attached hydrogens (primary N) is 1. The van der Waals surface area contributed by atoms with Gasteiger partial charge < -0.3 is 46.7 Å². The molecule has 348 valence electrons. The van der Waals surface area contributed by atoms with Crippen LogP contribution in [0.4, 0.5) is 4.79 Å². The Morgan fingerprint density at radius 2 is 1.48 bits per heavy atom. The van der Waals surface area contributed by atoms with Gasteiger partial charge in [0.2, 0.25) is 29.4 Å². The standard InChI is InChI=1S/C48H61N7O10/c1-4-15-37(42(57)46(61)51-27-39(56)53-40(43(49)58)32-16-8-5-9-17-32)52-45(60)38-24-31(26-50-44(59)34-20-14-23-36(25-34)65-35-21-12-7-13-22-35)28-55(38)47(62)41(33-18-10-6-11-19-33)54-48(63)64-29-30(2)3/h5,7-9,12-14,16-17,20-23,25,30-31,33,37-38,40-41H,4,6,10-11,15,18-19,24,26-29H2,1-3H3,(H2,49,58)(H,50,59)(H,51,61)(H,52,60)(H,53,56)(H,54,63). The second-order valence-electron chi connectivity index (χ2n) is 17.0. The number of rotatable bonds is 21. The number of ketones is 1. The number of hydrogen-bond donors (Lipinski definition) is 6. The molecule has 7 N–H and O–H groups in total. The minimum Gasteiger partial charge on any atom is -0.457 e. The van der Waals surface area contributed by atoms with Crippen LogP contribution in [0.25, 0.3) is 0 Å². The number of amides is 7. The summed E-state index contributed by atoms with van der Waals surface area (Å²) in [5.41, 5.74) is 6.26. The summed E-state index contributed by atoms with van der Waals surface area (Å²) >= 11 is 0. The van der Waals surface area contributed by atoms with E-state index in [4.69, 9.17) is 15.2 Å². The van der Waals surface area contributed by atoms with Crippen LogP contribution in [0.3, 0.4) is 0 Å². The lowest BCUT2D eigenvalue weighted by molar-refractivity contribution is -0.143. The number of carbonyl (C=O) groups is 8. The van der Waals surface area contributed by atoms with Crippen LogP contribution in [0.5, 0.6) is 11.5 Å². The van der Waals surface area contributed by atoms with Crippen LogP contribution in [-0.4, -0.2) is 96.6 Å². The minimum absolute atomic E-state index is 0.0393. The van der Waals surface area contributed by atoms with Gasteiger partial charge in [0.05, 0.1) is 19.2 Å². The average Bonchev–Trinajstić information content (AvgIpc) is 3.75. The fraction of sp³-hybridized carbons (Fsp3) is 0.458. The van der Waals surface area contributed by atoms with Gasteiger partial charge in [-0.3, -0.25) is 33.6 Å². The van der Waals surface area contributed by atoms with Gasteiger partial charge in [0, 0.05) is 18.7 Å². The topological polar surface area (TPSA) is 244 Å². The van der Waals surface area contributed by atoms with E-state index < -0.39 is 83.9 Å². The Bertz CT molecular complexity index is 2130. The summed E-state index contributed by atoms with van der Waals surface area (Å²) in [5.74, 6) is -4.91. The average molecular weight is 896 g/mol. The van der Waals surface area contributed by atoms with Gasteiger partial charge in [-0.25, -0.2) is 4.79 Å². The first-order valence-corrected chi connectivity index (χ1v) is 22.3. The molecule has 7 amide bonds. The van der Waals surface area contributed by atoms with Crippen molar-refractivity contribution in [3.05, 3.63) is 96.1 Å². The van der Waals surface area contributed by atoms with E-state index in [1.165, 1.54) is 4.90 Å². The summed E-state index contributed by atoms with van der Waals surface area (Å²) in [5, 5.41) is 13.1. The van der Waals surface area contributed by atoms with Crippen LogP contribution in [0.1, 0.15) is 94.1 Å². The van der Waals surface area contributed by atoms with E-state index in [0.717, 1.165) is 19.3 Å². The number of benzene rings is 3. The van der Waals surface area contributed by atoms with Crippen LogP contribution < -0.4 is 37.1 Å². The zero-order valence-electron chi connectivity index (χ0n) is 37.2. The predicted octanol–water partition coefficient (Wildman–Crippen LogP) is 4.07. The lowest BCUT2D eigenvalue weighted by Crippen LogP contribution is -2.58. The number of Topliss-reactive ketones (excluding diaryl/α,β-unsaturated/α-hetero) is 1.